The summed E-state index contributed by atoms with van der Waals surface area (Å²) < 4.78 is 5.47. The molecule has 0 saturated heterocycles. The maximum absolute atomic E-state index is 12.4. The van der Waals surface area contributed by atoms with Crippen molar-refractivity contribution in [3.63, 3.8) is 0 Å². The summed E-state index contributed by atoms with van der Waals surface area (Å²) in [6.45, 7) is 1.58. The molecule has 164 valence electrons. The van der Waals surface area contributed by atoms with E-state index in [1.807, 2.05) is 36.4 Å². The first kappa shape index (κ1) is 21.5. The number of hydrogen-bond donors (Lipinski definition) is 2. The van der Waals surface area contributed by atoms with Gasteiger partial charge in [-0.15, -0.1) is 0 Å². The highest BCUT2D eigenvalue weighted by Gasteiger charge is 2.29. The second-order valence-corrected chi connectivity index (χ2v) is 8.44. The number of aromatic nitrogens is 1. The van der Waals surface area contributed by atoms with Crippen molar-refractivity contribution in [1.82, 2.24) is 9.88 Å². The number of carbonyl (C=O) groups excluding carboxylic acids is 2. The highest BCUT2D eigenvalue weighted by atomic mass is 32.1. The molecular weight excluding hydrogens is 430 g/mol. The van der Waals surface area contributed by atoms with Crippen molar-refractivity contribution in [2.75, 3.05) is 19.0 Å². The number of thiazole rings is 1. The van der Waals surface area contributed by atoms with Gasteiger partial charge in [0.05, 0.1) is 6.20 Å². The van der Waals surface area contributed by atoms with Crippen molar-refractivity contribution < 1.29 is 24.2 Å². The summed E-state index contributed by atoms with van der Waals surface area (Å²) in [5.74, 6) is -1.66. The fourth-order valence-electron chi connectivity index (χ4n) is 3.67. The lowest BCUT2D eigenvalue weighted by atomic mass is 9.98. The van der Waals surface area contributed by atoms with E-state index in [0.717, 1.165) is 38.5 Å². The van der Waals surface area contributed by atoms with E-state index in [9.17, 15) is 14.4 Å². The number of fused-ring (bicyclic) bond motifs is 3. The van der Waals surface area contributed by atoms with Crippen LogP contribution >= 0.6 is 11.3 Å². The SMILES string of the molecule is CC(C(=O)O)N(C)C(=O)c1cnc(NC(=O)OCC2c3ccccc3-c3ccccc32)s1. The third-order valence-electron chi connectivity index (χ3n) is 5.53. The number of amides is 2. The Morgan fingerprint density at radius 2 is 1.72 bits per heavy atom. The molecule has 0 saturated carbocycles. The molecule has 1 aliphatic rings. The van der Waals surface area contributed by atoms with Crippen molar-refractivity contribution in [2.24, 2.45) is 0 Å². The molecule has 0 spiro atoms. The molecule has 1 aliphatic carbocycles. The minimum absolute atomic E-state index is 0.0623. The van der Waals surface area contributed by atoms with E-state index in [4.69, 9.17) is 9.84 Å². The Balaban J connectivity index is 1.40. The quantitative estimate of drug-likeness (QED) is 0.585. The van der Waals surface area contributed by atoms with Crippen LogP contribution in [0.15, 0.2) is 54.7 Å². The van der Waals surface area contributed by atoms with Gasteiger partial charge in [0.1, 0.15) is 17.5 Å². The Morgan fingerprint density at radius 3 is 2.31 bits per heavy atom. The van der Waals surface area contributed by atoms with Crippen molar-refractivity contribution in [3.8, 4) is 11.1 Å². The highest BCUT2D eigenvalue weighted by molar-refractivity contribution is 7.17. The molecule has 3 aromatic rings. The van der Waals surface area contributed by atoms with Crippen LogP contribution in [0.1, 0.15) is 33.6 Å². The third kappa shape index (κ3) is 4.06. The van der Waals surface area contributed by atoms with Crippen molar-refractivity contribution in [1.29, 1.82) is 0 Å². The average Bonchev–Trinajstić information content (AvgIpc) is 3.38. The van der Waals surface area contributed by atoms with Gasteiger partial charge in [-0.25, -0.2) is 14.6 Å². The Kier molecular flexibility index (Phi) is 5.91. The second-order valence-electron chi connectivity index (χ2n) is 7.41. The molecule has 32 heavy (non-hydrogen) atoms. The summed E-state index contributed by atoms with van der Waals surface area (Å²) in [4.78, 5) is 41.2. The minimum atomic E-state index is -1.11. The topological polar surface area (TPSA) is 109 Å². The molecule has 0 fully saturated rings. The van der Waals surface area contributed by atoms with Gasteiger partial charge in [-0.3, -0.25) is 10.1 Å². The summed E-state index contributed by atoms with van der Waals surface area (Å²) in [6.07, 6.45) is 0.629. The number of nitrogens with one attached hydrogen (secondary N) is 1. The number of hydrogen-bond acceptors (Lipinski definition) is 6. The predicted octanol–water partition coefficient (Wildman–Crippen LogP) is 4.05. The van der Waals surface area contributed by atoms with E-state index in [1.165, 1.54) is 20.2 Å². The van der Waals surface area contributed by atoms with Crippen LogP contribution in [-0.2, 0) is 9.53 Å². The van der Waals surface area contributed by atoms with Crippen molar-refractivity contribution >= 4 is 34.4 Å². The molecule has 1 aromatic heterocycles. The van der Waals surface area contributed by atoms with Crippen LogP contribution in [0.3, 0.4) is 0 Å². The number of aliphatic carboxylic acids is 1. The van der Waals surface area contributed by atoms with Gasteiger partial charge in [0, 0.05) is 13.0 Å². The monoisotopic (exact) mass is 451 g/mol. The van der Waals surface area contributed by atoms with Crippen LogP contribution in [0.4, 0.5) is 9.93 Å². The number of anilines is 1. The Labute approximate surface area is 188 Å². The van der Waals surface area contributed by atoms with Crippen LogP contribution < -0.4 is 5.32 Å². The number of ether oxygens (including phenoxy) is 1. The van der Waals surface area contributed by atoms with Crippen LogP contribution in [0.25, 0.3) is 11.1 Å². The molecule has 8 nitrogen and oxygen atoms in total. The number of nitrogens with zero attached hydrogens (tertiary/aromatic N) is 2. The molecule has 1 heterocycles. The maximum Gasteiger partial charge on any atom is 0.413 e. The van der Waals surface area contributed by atoms with Crippen LogP contribution in [-0.4, -0.2) is 52.7 Å². The number of benzene rings is 2. The molecule has 2 aromatic carbocycles. The number of rotatable bonds is 6. The zero-order chi connectivity index (χ0) is 22.8. The van der Waals surface area contributed by atoms with Crippen LogP contribution in [0, 0.1) is 0 Å². The van der Waals surface area contributed by atoms with Gasteiger partial charge >= 0.3 is 12.1 Å². The van der Waals surface area contributed by atoms with Gasteiger partial charge in [0.2, 0.25) is 0 Å². The lowest BCUT2D eigenvalue weighted by Gasteiger charge is -2.20. The van der Waals surface area contributed by atoms with Gasteiger partial charge in [0.15, 0.2) is 5.13 Å². The summed E-state index contributed by atoms with van der Waals surface area (Å²) in [5, 5.41) is 11.8. The molecule has 4 rings (SSSR count). The fourth-order valence-corrected chi connectivity index (χ4v) is 4.45. The lowest BCUT2D eigenvalue weighted by Crippen LogP contribution is -2.39. The maximum atomic E-state index is 12.4. The third-order valence-corrected chi connectivity index (χ3v) is 6.43. The number of carboxylic acid groups (broad SMARTS) is 1. The summed E-state index contributed by atoms with van der Waals surface area (Å²) in [6, 6.07) is 15.1. The Morgan fingerprint density at radius 1 is 1.12 bits per heavy atom. The summed E-state index contributed by atoms with van der Waals surface area (Å²) in [7, 11) is 1.40. The zero-order valence-electron chi connectivity index (χ0n) is 17.4. The van der Waals surface area contributed by atoms with Gasteiger partial charge in [0.25, 0.3) is 5.91 Å². The lowest BCUT2D eigenvalue weighted by molar-refractivity contribution is -0.141. The predicted molar refractivity (Wildman–Crippen MR) is 120 cm³/mol. The number of likely N-dealkylation sites (N-methyl/N-ethyl adjacent to an activating group) is 1. The average molecular weight is 452 g/mol. The standard InChI is InChI=1S/C23H21N3O5S/c1-13(21(28)29)26(2)20(27)19-11-24-22(32-19)25-23(30)31-12-18-16-9-5-3-7-14(16)15-8-4-6-10-17(15)18/h3-11,13,18H,12H2,1-2H3,(H,28,29)(H,24,25,30). The molecule has 1 unspecified atom stereocenters. The van der Waals surface area contributed by atoms with Gasteiger partial charge in [-0.2, -0.15) is 0 Å². The molecular formula is C23H21N3O5S. The van der Waals surface area contributed by atoms with E-state index in [0.29, 0.717) is 0 Å². The van der Waals surface area contributed by atoms with E-state index < -0.39 is 24.0 Å². The number of carbonyl (C=O) groups is 3. The van der Waals surface area contributed by atoms with E-state index in [-0.39, 0.29) is 22.5 Å². The van der Waals surface area contributed by atoms with Gasteiger partial charge < -0.3 is 14.7 Å². The molecule has 0 radical (unpaired) electrons. The van der Waals surface area contributed by atoms with Gasteiger partial charge in [-0.05, 0) is 29.2 Å². The summed E-state index contributed by atoms with van der Waals surface area (Å²) >= 11 is 0.955. The normalized spacial score (nSPS) is 13.1. The largest absolute Gasteiger partial charge is 0.480 e. The van der Waals surface area contributed by atoms with Gasteiger partial charge in [-0.1, -0.05) is 59.9 Å². The van der Waals surface area contributed by atoms with E-state index in [2.05, 4.69) is 22.4 Å². The summed E-state index contributed by atoms with van der Waals surface area (Å²) in [5.41, 5.74) is 4.50. The molecule has 2 N–H and O–H groups in total. The van der Waals surface area contributed by atoms with Crippen LogP contribution in [0.5, 0.6) is 0 Å². The Hall–Kier alpha value is -3.72. The second kappa shape index (κ2) is 8.80. The van der Waals surface area contributed by atoms with E-state index in [1.54, 1.807) is 0 Å². The minimum Gasteiger partial charge on any atom is -0.480 e. The molecule has 0 aliphatic heterocycles. The van der Waals surface area contributed by atoms with Crippen molar-refractivity contribution in [3.05, 3.63) is 70.7 Å². The zero-order valence-corrected chi connectivity index (χ0v) is 18.3. The molecule has 2 amide bonds. The molecule has 0 bridgehead atoms. The smallest absolute Gasteiger partial charge is 0.413 e. The van der Waals surface area contributed by atoms with Crippen molar-refractivity contribution in [2.45, 2.75) is 18.9 Å². The molecule has 1 atom stereocenters. The first-order chi connectivity index (χ1) is 15.4. The Bertz CT molecular complexity index is 1150. The highest BCUT2D eigenvalue weighted by Crippen LogP contribution is 2.44. The fraction of sp³-hybridized carbons (Fsp3) is 0.217. The first-order valence-electron chi connectivity index (χ1n) is 9.94. The van der Waals surface area contributed by atoms with E-state index >= 15 is 0 Å². The van der Waals surface area contributed by atoms with Crippen LogP contribution in [0.2, 0.25) is 0 Å². The molecule has 9 heteroatoms. The first-order valence-corrected chi connectivity index (χ1v) is 10.8. The number of carboxylic acids is 1.